The fourth-order valence-corrected chi connectivity index (χ4v) is 7.26. The highest BCUT2D eigenvalue weighted by Gasteiger charge is 2.69. The molecule has 34 heavy (non-hydrogen) atoms. The number of hydrogen-bond donors (Lipinski definition) is 1. The van der Waals surface area contributed by atoms with Gasteiger partial charge in [0.05, 0.1) is 10.8 Å². The van der Waals surface area contributed by atoms with E-state index >= 15 is 0 Å². The van der Waals surface area contributed by atoms with Crippen molar-refractivity contribution in [1.29, 1.82) is 0 Å². The molecule has 3 aliphatic heterocycles. The van der Waals surface area contributed by atoms with E-state index in [1.165, 1.54) is 12.3 Å². The molecule has 0 saturated carbocycles. The van der Waals surface area contributed by atoms with Crippen LogP contribution in [0, 0.1) is 16.0 Å². The number of para-hydroxylation sites is 1. The Bertz CT molecular complexity index is 1330. The van der Waals surface area contributed by atoms with Crippen molar-refractivity contribution >= 4 is 34.8 Å². The van der Waals surface area contributed by atoms with Gasteiger partial charge in [0.2, 0.25) is 5.91 Å². The summed E-state index contributed by atoms with van der Waals surface area (Å²) >= 11 is 1.71. The molecule has 0 aliphatic carbocycles. The number of aromatic nitrogens is 1. The molecule has 1 spiro atoms. The van der Waals surface area contributed by atoms with Crippen LogP contribution in [0.4, 0.5) is 11.4 Å². The lowest BCUT2D eigenvalue weighted by Crippen LogP contribution is -2.52. The maximum Gasteiger partial charge on any atom is 0.269 e. The van der Waals surface area contributed by atoms with E-state index in [1.807, 2.05) is 30.3 Å². The molecular weight excluding hydrogens is 452 g/mol. The van der Waals surface area contributed by atoms with E-state index in [-0.39, 0.29) is 23.4 Å². The summed E-state index contributed by atoms with van der Waals surface area (Å²) in [4.78, 5) is 45.5. The topological polar surface area (TPSA) is 105 Å². The molecular formula is C25H20N4O4S. The number of nitrogens with zero attached hydrogens (tertiary/aromatic N) is 3. The van der Waals surface area contributed by atoms with Crippen molar-refractivity contribution in [3.8, 4) is 0 Å². The first kappa shape index (κ1) is 21.0. The number of pyridine rings is 1. The SMILES string of the molecule is O=C(c1cccnc1)C1C(c2cccc([N+](=O)[O-])c2)C2CSCN2[C@@]12C(=O)Nc1ccccc12. The number of carbonyl (C=O) groups is 2. The van der Waals surface area contributed by atoms with E-state index in [4.69, 9.17) is 0 Å². The molecule has 1 amide bonds. The monoisotopic (exact) mass is 472 g/mol. The van der Waals surface area contributed by atoms with Gasteiger partial charge in [-0.15, -0.1) is 11.8 Å². The van der Waals surface area contributed by atoms with Gasteiger partial charge >= 0.3 is 0 Å². The van der Waals surface area contributed by atoms with Gasteiger partial charge in [-0.3, -0.25) is 29.6 Å². The smallest absolute Gasteiger partial charge is 0.269 e. The summed E-state index contributed by atoms with van der Waals surface area (Å²) in [6.45, 7) is 0. The van der Waals surface area contributed by atoms with Gasteiger partial charge in [0.25, 0.3) is 5.69 Å². The fraction of sp³-hybridized carbons (Fsp3) is 0.240. The third-order valence-electron chi connectivity index (χ3n) is 7.22. The highest BCUT2D eigenvalue weighted by molar-refractivity contribution is 7.99. The maximum absolute atomic E-state index is 14.2. The van der Waals surface area contributed by atoms with Gasteiger partial charge < -0.3 is 5.32 Å². The average Bonchev–Trinajstić information content (AvgIpc) is 3.52. The predicted octanol–water partition coefficient (Wildman–Crippen LogP) is 3.81. The first-order chi connectivity index (χ1) is 16.5. The summed E-state index contributed by atoms with van der Waals surface area (Å²) in [6.07, 6.45) is 3.13. The van der Waals surface area contributed by atoms with E-state index in [0.29, 0.717) is 22.7 Å². The number of Topliss-reactive ketones (excluding diaryl/α,β-unsaturated/α-hetero) is 1. The van der Waals surface area contributed by atoms with E-state index in [9.17, 15) is 19.7 Å². The molecule has 0 bridgehead atoms. The summed E-state index contributed by atoms with van der Waals surface area (Å²) in [5, 5.41) is 14.6. The van der Waals surface area contributed by atoms with Crippen LogP contribution >= 0.6 is 11.8 Å². The minimum atomic E-state index is -1.20. The summed E-state index contributed by atoms with van der Waals surface area (Å²) in [5.41, 5.74) is 1.37. The Morgan fingerprint density at radius 1 is 1.18 bits per heavy atom. The first-order valence-corrected chi connectivity index (χ1v) is 12.1. The van der Waals surface area contributed by atoms with Gasteiger partial charge in [-0.1, -0.05) is 30.3 Å². The van der Waals surface area contributed by atoms with Crippen LogP contribution in [0.25, 0.3) is 0 Å². The molecule has 2 fully saturated rings. The Morgan fingerprint density at radius 2 is 2.03 bits per heavy atom. The highest BCUT2D eigenvalue weighted by Crippen LogP contribution is 2.61. The van der Waals surface area contributed by atoms with Crippen LogP contribution in [0.3, 0.4) is 0 Å². The molecule has 1 aromatic heterocycles. The molecule has 3 aliphatic rings. The Balaban J connectivity index is 1.62. The minimum absolute atomic E-state index is 0.0282. The zero-order valence-electron chi connectivity index (χ0n) is 18.0. The molecule has 170 valence electrons. The standard InChI is InChI=1S/C25H20N4O4S/c30-23(16-6-4-10-26-12-16)22-21(15-5-3-7-17(11-15)29(32)33)20-13-34-14-28(20)25(22)18-8-1-2-9-19(18)27-24(25)31/h1-12,20-22H,13-14H2,(H,27,31)/t20?,21?,22?,25-/m1/s1. The van der Waals surface area contributed by atoms with Crippen molar-refractivity contribution < 1.29 is 14.5 Å². The number of rotatable bonds is 4. The summed E-state index contributed by atoms with van der Waals surface area (Å²) in [5.74, 6) is -0.268. The number of amides is 1. The number of ketones is 1. The number of hydrogen-bond acceptors (Lipinski definition) is 7. The average molecular weight is 473 g/mol. The van der Waals surface area contributed by atoms with Crippen LogP contribution in [-0.2, 0) is 10.3 Å². The molecule has 4 heterocycles. The van der Waals surface area contributed by atoms with Crippen LogP contribution in [-0.4, -0.2) is 44.2 Å². The molecule has 3 unspecified atom stereocenters. The maximum atomic E-state index is 14.2. The lowest BCUT2D eigenvalue weighted by Gasteiger charge is -2.36. The number of fused-ring (bicyclic) bond motifs is 4. The van der Waals surface area contributed by atoms with Crippen molar-refractivity contribution in [1.82, 2.24) is 9.88 Å². The molecule has 4 atom stereocenters. The van der Waals surface area contributed by atoms with E-state index in [2.05, 4.69) is 15.2 Å². The lowest BCUT2D eigenvalue weighted by atomic mass is 9.69. The van der Waals surface area contributed by atoms with Crippen molar-refractivity contribution in [2.24, 2.45) is 5.92 Å². The van der Waals surface area contributed by atoms with Gasteiger partial charge in [0.15, 0.2) is 5.78 Å². The largest absolute Gasteiger partial charge is 0.324 e. The first-order valence-electron chi connectivity index (χ1n) is 11.0. The Kier molecular flexibility index (Phi) is 4.79. The van der Waals surface area contributed by atoms with Crippen LogP contribution in [0.2, 0.25) is 0 Å². The summed E-state index contributed by atoms with van der Waals surface area (Å²) < 4.78 is 0. The van der Waals surface area contributed by atoms with Gasteiger partial charge in [-0.05, 0) is 23.8 Å². The van der Waals surface area contributed by atoms with Crippen molar-refractivity contribution in [2.75, 3.05) is 16.9 Å². The van der Waals surface area contributed by atoms with Gasteiger partial charge in [-0.25, -0.2) is 0 Å². The van der Waals surface area contributed by atoms with Crippen molar-refractivity contribution in [3.05, 3.63) is 99.9 Å². The number of nitrogens with one attached hydrogen (secondary N) is 1. The van der Waals surface area contributed by atoms with E-state index < -0.39 is 22.3 Å². The molecule has 2 saturated heterocycles. The third kappa shape index (κ3) is 2.80. The van der Waals surface area contributed by atoms with Crippen LogP contribution in [0.15, 0.2) is 73.1 Å². The zero-order valence-corrected chi connectivity index (χ0v) is 18.8. The summed E-state index contributed by atoms with van der Waals surface area (Å²) in [7, 11) is 0. The lowest BCUT2D eigenvalue weighted by molar-refractivity contribution is -0.384. The molecule has 9 heteroatoms. The van der Waals surface area contributed by atoms with Crippen LogP contribution in [0.5, 0.6) is 0 Å². The van der Waals surface area contributed by atoms with E-state index in [0.717, 1.165) is 11.3 Å². The summed E-state index contributed by atoms with van der Waals surface area (Å²) in [6, 6.07) is 17.3. The number of nitro benzene ring substituents is 1. The molecule has 6 rings (SSSR count). The Hall–Kier alpha value is -3.56. The second kappa shape index (κ2) is 7.75. The Labute approximate surface area is 199 Å². The fourth-order valence-electron chi connectivity index (χ4n) is 5.94. The molecule has 8 nitrogen and oxygen atoms in total. The zero-order chi connectivity index (χ0) is 23.4. The Morgan fingerprint density at radius 3 is 2.82 bits per heavy atom. The predicted molar refractivity (Wildman–Crippen MR) is 128 cm³/mol. The highest BCUT2D eigenvalue weighted by atomic mass is 32.2. The quantitative estimate of drug-likeness (QED) is 0.350. The number of nitro groups is 1. The minimum Gasteiger partial charge on any atom is -0.324 e. The normalized spacial score (nSPS) is 27.4. The van der Waals surface area contributed by atoms with Gasteiger partial charge in [-0.2, -0.15) is 0 Å². The van der Waals surface area contributed by atoms with Crippen molar-refractivity contribution in [3.63, 3.8) is 0 Å². The number of carbonyl (C=O) groups excluding carboxylic acids is 2. The van der Waals surface area contributed by atoms with Crippen molar-refractivity contribution in [2.45, 2.75) is 17.5 Å². The van der Waals surface area contributed by atoms with Gasteiger partial charge in [0.1, 0.15) is 5.54 Å². The number of benzene rings is 2. The number of non-ortho nitro benzene ring substituents is 1. The van der Waals surface area contributed by atoms with E-state index in [1.54, 1.807) is 42.2 Å². The molecule has 3 aromatic rings. The number of anilines is 1. The molecule has 0 radical (unpaired) electrons. The second-order valence-electron chi connectivity index (χ2n) is 8.76. The second-order valence-corrected chi connectivity index (χ2v) is 9.76. The van der Waals surface area contributed by atoms with Crippen LogP contribution in [0.1, 0.15) is 27.4 Å². The van der Waals surface area contributed by atoms with Gasteiger partial charge in [0, 0.05) is 64.9 Å². The molecule has 2 aromatic carbocycles. The van der Waals surface area contributed by atoms with Crippen LogP contribution < -0.4 is 5.32 Å². The number of thioether (sulfide) groups is 1. The third-order valence-corrected chi connectivity index (χ3v) is 8.26. The molecule has 1 N–H and O–H groups in total.